The molecule has 13 heavy (non-hydrogen) atoms. The predicted molar refractivity (Wildman–Crippen MR) is 46.5 cm³/mol. The first-order chi connectivity index (χ1) is 6.24. The third kappa shape index (κ3) is 2.55. The van der Waals surface area contributed by atoms with Gasteiger partial charge in [-0.25, -0.2) is 4.68 Å². The highest BCUT2D eigenvalue weighted by Gasteiger charge is 1.91. The average molecular weight is 180 g/mol. The lowest BCUT2D eigenvalue weighted by Gasteiger charge is -1.98. The normalized spacial score (nSPS) is 10.5. The molecule has 1 heterocycles. The number of nitrogens with one attached hydrogen (secondary N) is 1. The molecule has 1 rings (SSSR count). The smallest absolute Gasteiger partial charge is 0.265 e. The summed E-state index contributed by atoms with van der Waals surface area (Å²) in [5, 5.41) is 2.32. The maximum absolute atomic E-state index is 11.0. The van der Waals surface area contributed by atoms with Crippen LogP contribution in [0, 0.1) is 0 Å². The Labute approximate surface area is 73.3 Å². The van der Waals surface area contributed by atoms with Crippen molar-refractivity contribution in [3.05, 3.63) is 45.0 Å². The van der Waals surface area contributed by atoms with Gasteiger partial charge in [0.1, 0.15) is 6.29 Å². The third-order valence-electron chi connectivity index (χ3n) is 1.39. The molecule has 0 aliphatic heterocycles. The fraction of sp³-hybridized carbons (Fsp3) is 0.125. The van der Waals surface area contributed by atoms with Gasteiger partial charge in [0.15, 0.2) is 0 Å². The van der Waals surface area contributed by atoms with Crippen LogP contribution >= 0.6 is 0 Å². The van der Waals surface area contributed by atoms with E-state index in [1.165, 1.54) is 18.2 Å². The van der Waals surface area contributed by atoms with Gasteiger partial charge in [0.25, 0.3) is 11.1 Å². The zero-order valence-electron chi connectivity index (χ0n) is 6.77. The van der Waals surface area contributed by atoms with Crippen LogP contribution < -0.4 is 11.1 Å². The molecule has 0 saturated carbocycles. The van der Waals surface area contributed by atoms with Crippen molar-refractivity contribution in [1.82, 2.24) is 9.78 Å². The third-order valence-corrected chi connectivity index (χ3v) is 1.39. The average Bonchev–Trinajstić information content (AvgIpc) is 2.11. The van der Waals surface area contributed by atoms with Crippen molar-refractivity contribution >= 4 is 6.29 Å². The van der Waals surface area contributed by atoms with Gasteiger partial charge < -0.3 is 0 Å². The number of aromatic amines is 1. The number of carbonyl (C=O) groups is 1. The molecule has 1 aromatic rings. The number of H-pyrrole nitrogens is 1. The van der Waals surface area contributed by atoms with Crippen LogP contribution in [0.25, 0.3) is 0 Å². The van der Waals surface area contributed by atoms with Crippen LogP contribution in [0.15, 0.2) is 33.9 Å². The molecule has 0 radical (unpaired) electrons. The second-order valence-electron chi connectivity index (χ2n) is 2.32. The van der Waals surface area contributed by atoms with Gasteiger partial charge in [0.2, 0.25) is 0 Å². The highest BCUT2D eigenvalue weighted by molar-refractivity contribution is 5.64. The van der Waals surface area contributed by atoms with Gasteiger partial charge in [-0.15, -0.1) is 0 Å². The van der Waals surface area contributed by atoms with E-state index in [-0.39, 0.29) is 17.7 Å². The minimum Gasteiger partial charge on any atom is -0.299 e. The van der Waals surface area contributed by atoms with Gasteiger partial charge in [-0.2, -0.15) is 0 Å². The standard InChI is InChI=1S/C8H8N2O3/c11-6-2-1-5-10-8(13)4-3-7(12)9-10/h1-4,6H,5H2,(H,9,12)/b2-1+. The molecule has 0 saturated heterocycles. The van der Waals surface area contributed by atoms with Gasteiger partial charge in [-0.05, 0) is 6.08 Å². The lowest BCUT2D eigenvalue weighted by Crippen LogP contribution is -2.27. The molecule has 0 amide bonds. The van der Waals surface area contributed by atoms with E-state index in [2.05, 4.69) is 5.10 Å². The Morgan fingerprint density at radius 2 is 2.15 bits per heavy atom. The molecule has 5 nitrogen and oxygen atoms in total. The van der Waals surface area contributed by atoms with Crippen LogP contribution in [0.4, 0.5) is 0 Å². The molecule has 1 N–H and O–H groups in total. The first-order valence-electron chi connectivity index (χ1n) is 3.64. The minimum absolute atomic E-state index is 0.188. The van der Waals surface area contributed by atoms with Crippen LogP contribution in [0.3, 0.4) is 0 Å². The molecule has 0 aromatic carbocycles. The van der Waals surface area contributed by atoms with E-state index in [9.17, 15) is 14.4 Å². The summed E-state index contributed by atoms with van der Waals surface area (Å²) >= 11 is 0. The zero-order valence-corrected chi connectivity index (χ0v) is 6.77. The molecule has 0 spiro atoms. The lowest BCUT2D eigenvalue weighted by atomic mass is 10.5. The Kier molecular flexibility index (Phi) is 2.97. The van der Waals surface area contributed by atoms with Crippen LogP contribution in [0.2, 0.25) is 0 Å². The zero-order chi connectivity index (χ0) is 9.68. The van der Waals surface area contributed by atoms with Crippen LogP contribution in [0.1, 0.15) is 0 Å². The number of hydrogen-bond acceptors (Lipinski definition) is 3. The Bertz CT molecular complexity index is 428. The van der Waals surface area contributed by atoms with E-state index in [1.54, 1.807) is 0 Å². The second-order valence-corrected chi connectivity index (χ2v) is 2.32. The van der Waals surface area contributed by atoms with E-state index in [4.69, 9.17) is 0 Å². The van der Waals surface area contributed by atoms with E-state index < -0.39 is 0 Å². The van der Waals surface area contributed by atoms with Gasteiger partial charge in [-0.3, -0.25) is 19.5 Å². The first kappa shape index (κ1) is 9.18. The topological polar surface area (TPSA) is 71.9 Å². The van der Waals surface area contributed by atoms with Crippen LogP contribution in [-0.4, -0.2) is 16.1 Å². The molecule has 0 bridgehead atoms. The molecule has 0 fully saturated rings. The fourth-order valence-electron chi connectivity index (χ4n) is 0.820. The van der Waals surface area contributed by atoms with Crippen molar-refractivity contribution in [2.75, 3.05) is 0 Å². The van der Waals surface area contributed by atoms with Gasteiger partial charge >= 0.3 is 0 Å². The van der Waals surface area contributed by atoms with Gasteiger partial charge in [-0.1, -0.05) is 6.08 Å². The highest BCUT2D eigenvalue weighted by atomic mass is 16.1. The summed E-state index contributed by atoms with van der Waals surface area (Å²) in [5.74, 6) is 0. The van der Waals surface area contributed by atoms with Crippen LogP contribution in [-0.2, 0) is 11.3 Å². The van der Waals surface area contributed by atoms with E-state index in [0.717, 1.165) is 10.7 Å². The molecule has 0 aliphatic carbocycles. The van der Waals surface area contributed by atoms with Crippen molar-refractivity contribution in [2.45, 2.75) is 6.54 Å². The van der Waals surface area contributed by atoms with Crippen LogP contribution in [0.5, 0.6) is 0 Å². The van der Waals surface area contributed by atoms with Crippen molar-refractivity contribution < 1.29 is 4.79 Å². The number of allylic oxidation sites excluding steroid dienone is 2. The largest absolute Gasteiger partial charge is 0.299 e. The summed E-state index contributed by atoms with van der Waals surface area (Å²) in [6.07, 6.45) is 3.34. The van der Waals surface area contributed by atoms with Gasteiger partial charge in [0, 0.05) is 12.1 Å². The highest BCUT2D eigenvalue weighted by Crippen LogP contribution is 1.74. The second kappa shape index (κ2) is 4.20. The summed E-state index contributed by atoms with van der Waals surface area (Å²) in [6, 6.07) is 2.33. The Hall–Kier alpha value is -1.91. The number of aromatic nitrogens is 2. The number of nitrogens with zero attached hydrogens (tertiary/aromatic N) is 1. The van der Waals surface area contributed by atoms with E-state index >= 15 is 0 Å². The quantitative estimate of drug-likeness (QED) is 0.493. The van der Waals surface area contributed by atoms with Crippen molar-refractivity contribution in [3.63, 3.8) is 0 Å². The summed E-state index contributed by atoms with van der Waals surface area (Å²) < 4.78 is 1.11. The van der Waals surface area contributed by atoms with Crippen molar-refractivity contribution in [1.29, 1.82) is 0 Å². The number of rotatable bonds is 3. The fourth-order valence-corrected chi connectivity index (χ4v) is 0.820. The van der Waals surface area contributed by atoms with E-state index in [1.807, 2.05) is 0 Å². The summed E-state index contributed by atoms with van der Waals surface area (Å²) in [6.45, 7) is 0.188. The Morgan fingerprint density at radius 1 is 1.38 bits per heavy atom. The molecule has 1 aromatic heterocycles. The molecule has 0 unspecified atom stereocenters. The SMILES string of the molecule is O=C/C=C/Cn1[nH]c(=O)ccc1=O. The summed E-state index contributed by atoms with van der Waals surface area (Å²) in [4.78, 5) is 31.7. The molecule has 0 aliphatic rings. The molecule has 0 atom stereocenters. The predicted octanol–water partition coefficient (Wildman–Crippen LogP) is -0.708. The minimum atomic E-state index is -0.348. The Morgan fingerprint density at radius 3 is 2.85 bits per heavy atom. The molecular weight excluding hydrogens is 172 g/mol. The van der Waals surface area contributed by atoms with Crippen molar-refractivity contribution in [3.8, 4) is 0 Å². The van der Waals surface area contributed by atoms with E-state index in [0.29, 0.717) is 6.29 Å². The first-order valence-corrected chi connectivity index (χ1v) is 3.64. The molecular formula is C8H8N2O3. The number of hydrogen-bond donors (Lipinski definition) is 1. The Balaban J connectivity index is 2.94. The number of carbonyl (C=O) groups excluding carboxylic acids is 1. The monoisotopic (exact) mass is 180 g/mol. The molecule has 68 valence electrons. The maximum atomic E-state index is 11.0. The summed E-state index contributed by atoms with van der Waals surface area (Å²) in [7, 11) is 0. The lowest BCUT2D eigenvalue weighted by molar-refractivity contribution is -0.104. The van der Waals surface area contributed by atoms with Crippen molar-refractivity contribution in [2.24, 2.45) is 0 Å². The molecule has 5 heteroatoms. The van der Waals surface area contributed by atoms with Gasteiger partial charge in [0.05, 0.1) is 6.54 Å². The number of aldehydes is 1. The summed E-state index contributed by atoms with van der Waals surface area (Å²) in [5.41, 5.74) is -0.658. The maximum Gasteiger partial charge on any atom is 0.265 e.